The zero-order chi connectivity index (χ0) is 20.9. The number of aromatic carboxylic acids is 1. The Labute approximate surface area is 173 Å². The number of carbonyl (C=O) groups is 1. The zero-order valence-corrected chi connectivity index (χ0v) is 16.5. The van der Waals surface area contributed by atoms with E-state index in [0.717, 1.165) is 50.2 Å². The lowest BCUT2D eigenvalue weighted by Gasteiger charge is -2.29. The van der Waals surface area contributed by atoms with E-state index in [1.807, 2.05) is 18.2 Å². The van der Waals surface area contributed by atoms with Crippen LogP contribution in [0.25, 0.3) is 22.0 Å². The third kappa shape index (κ3) is 4.84. The molecule has 3 heterocycles. The lowest BCUT2D eigenvalue weighted by Crippen LogP contribution is -2.36. The number of H-pyrrole nitrogens is 1. The van der Waals surface area contributed by atoms with Crippen molar-refractivity contribution in [1.82, 2.24) is 20.3 Å². The number of carboxylic acids is 1. The lowest BCUT2D eigenvalue weighted by atomic mass is 10.1. The molecule has 0 unspecified atom stereocenters. The zero-order valence-electron chi connectivity index (χ0n) is 16.5. The van der Waals surface area contributed by atoms with Gasteiger partial charge in [0.15, 0.2) is 0 Å². The maximum Gasteiger partial charge on any atom is 0.335 e. The normalized spacial score (nSPS) is 15.2. The van der Waals surface area contributed by atoms with Crippen LogP contribution in [0.4, 0.5) is 0 Å². The Hall–Kier alpha value is -3.23. The summed E-state index contributed by atoms with van der Waals surface area (Å²) in [6.45, 7) is 3.02. The Balaban J connectivity index is 0.000000158. The average molecular weight is 408 g/mol. The van der Waals surface area contributed by atoms with Crippen LogP contribution in [0.5, 0.6) is 0 Å². The van der Waals surface area contributed by atoms with E-state index in [0.29, 0.717) is 11.0 Å². The van der Waals surface area contributed by atoms with E-state index in [1.54, 1.807) is 6.07 Å². The summed E-state index contributed by atoms with van der Waals surface area (Å²) in [4.78, 5) is 12.9. The summed E-state index contributed by atoms with van der Waals surface area (Å²) in [5, 5.41) is 29.2. The molecule has 1 aliphatic heterocycles. The standard InChI is InChI=1S/C15H19NO2.C7H5N3O2/c17-13-5-8-16(9-6-13)10-7-14-11-12-3-1-2-4-15(12)18-14;11-7(12)4-1-2-5-6(3-4)9-10-8-5/h1-4,11,13,17H,5-10H2;1-3H,(H,11,12)(H,8,9,10). The van der Waals surface area contributed by atoms with Gasteiger partial charge in [-0.3, -0.25) is 0 Å². The number of likely N-dealkylation sites (tertiary alicyclic amines) is 1. The van der Waals surface area contributed by atoms with Gasteiger partial charge < -0.3 is 19.5 Å². The summed E-state index contributed by atoms with van der Waals surface area (Å²) in [7, 11) is 0. The molecular formula is C22H24N4O4. The number of piperidine rings is 1. The van der Waals surface area contributed by atoms with Gasteiger partial charge >= 0.3 is 5.97 Å². The average Bonchev–Trinajstić information content (AvgIpc) is 3.39. The number of aliphatic hydroxyl groups excluding tert-OH is 1. The molecule has 8 heteroatoms. The van der Waals surface area contributed by atoms with Crippen molar-refractivity contribution < 1.29 is 19.4 Å². The molecule has 0 bridgehead atoms. The molecule has 0 amide bonds. The van der Waals surface area contributed by atoms with Gasteiger partial charge in [-0.2, -0.15) is 15.4 Å². The number of rotatable bonds is 4. The first kappa shape index (κ1) is 20.1. The van der Waals surface area contributed by atoms with Gasteiger partial charge in [0.2, 0.25) is 0 Å². The first-order valence-corrected chi connectivity index (χ1v) is 10.0. The molecule has 0 radical (unpaired) electrons. The summed E-state index contributed by atoms with van der Waals surface area (Å²) in [5.41, 5.74) is 2.42. The van der Waals surface area contributed by atoms with Crippen LogP contribution in [0.15, 0.2) is 52.9 Å². The Morgan fingerprint density at radius 2 is 1.87 bits per heavy atom. The van der Waals surface area contributed by atoms with Crippen LogP contribution in [-0.4, -0.2) is 62.2 Å². The monoisotopic (exact) mass is 408 g/mol. The van der Waals surface area contributed by atoms with E-state index < -0.39 is 5.97 Å². The summed E-state index contributed by atoms with van der Waals surface area (Å²) < 4.78 is 5.80. The number of fused-ring (bicyclic) bond motifs is 2. The number of hydrogen-bond donors (Lipinski definition) is 3. The summed E-state index contributed by atoms with van der Waals surface area (Å²) in [6.07, 6.45) is 2.66. The predicted octanol–water partition coefficient (Wildman–Crippen LogP) is 3.09. The molecule has 1 aliphatic rings. The summed E-state index contributed by atoms with van der Waals surface area (Å²) >= 11 is 0. The molecule has 2 aromatic carbocycles. The van der Waals surface area contributed by atoms with Crippen molar-refractivity contribution in [2.75, 3.05) is 19.6 Å². The maximum absolute atomic E-state index is 10.5. The largest absolute Gasteiger partial charge is 0.478 e. The second-order valence-electron chi connectivity index (χ2n) is 7.41. The van der Waals surface area contributed by atoms with E-state index in [2.05, 4.69) is 32.4 Å². The number of aliphatic hydroxyl groups is 1. The van der Waals surface area contributed by atoms with Crippen molar-refractivity contribution in [3.8, 4) is 0 Å². The van der Waals surface area contributed by atoms with E-state index in [4.69, 9.17) is 9.52 Å². The minimum absolute atomic E-state index is 0.0903. The van der Waals surface area contributed by atoms with Crippen LogP contribution in [0.3, 0.4) is 0 Å². The molecular weight excluding hydrogens is 384 g/mol. The topological polar surface area (TPSA) is 115 Å². The second kappa shape index (κ2) is 9.06. The van der Waals surface area contributed by atoms with E-state index in [-0.39, 0.29) is 11.7 Å². The first-order valence-electron chi connectivity index (χ1n) is 10.0. The van der Waals surface area contributed by atoms with Gasteiger partial charge in [0.05, 0.1) is 11.7 Å². The first-order chi connectivity index (χ1) is 14.6. The number of benzene rings is 2. The number of hydrogen-bond acceptors (Lipinski definition) is 6. The highest BCUT2D eigenvalue weighted by molar-refractivity contribution is 5.91. The smallest absolute Gasteiger partial charge is 0.335 e. The fourth-order valence-corrected chi connectivity index (χ4v) is 3.54. The minimum Gasteiger partial charge on any atom is -0.478 e. The van der Waals surface area contributed by atoms with E-state index in [1.165, 1.54) is 17.5 Å². The van der Waals surface area contributed by atoms with Crippen molar-refractivity contribution in [1.29, 1.82) is 0 Å². The fourth-order valence-electron chi connectivity index (χ4n) is 3.54. The van der Waals surface area contributed by atoms with Gasteiger partial charge in [0, 0.05) is 31.4 Å². The van der Waals surface area contributed by atoms with Crippen LogP contribution < -0.4 is 0 Å². The number of carboxylic acid groups (broad SMARTS) is 1. The van der Waals surface area contributed by atoms with Gasteiger partial charge in [0.1, 0.15) is 22.4 Å². The minimum atomic E-state index is -0.958. The lowest BCUT2D eigenvalue weighted by molar-refractivity contribution is 0.0697. The van der Waals surface area contributed by atoms with Crippen LogP contribution in [0.2, 0.25) is 0 Å². The quantitative estimate of drug-likeness (QED) is 0.475. The third-order valence-electron chi connectivity index (χ3n) is 5.27. The highest BCUT2D eigenvalue weighted by Gasteiger charge is 2.16. The number of para-hydroxylation sites is 1. The summed E-state index contributed by atoms with van der Waals surface area (Å²) in [6, 6.07) is 14.8. The van der Waals surface area contributed by atoms with Gasteiger partial charge in [-0.05, 0) is 43.2 Å². The molecule has 0 aliphatic carbocycles. The van der Waals surface area contributed by atoms with Crippen LogP contribution in [-0.2, 0) is 6.42 Å². The Kier molecular flexibility index (Phi) is 6.06. The molecule has 30 heavy (non-hydrogen) atoms. The highest BCUT2D eigenvalue weighted by atomic mass is 16.4. The van der Waals surface area contributed by atoms with Crippen molar-refractivity contribution >= 4 is 28.0 Å². The molecule has 2 aromatic heterocycles. The summed E-state index contributed by atoms with van der Waals surface area (Å²) in [5.74, 6) is 0.0993. The maximum atomic E-state index is 10.5. The fraction of sp³-hybridized carbons (Fsp3) is 0.318. The van der Waals surface area contributed by atoms with Crippen molar-refractivity contribution in [3.63, 3.8) is 0 Å². The van der Waals surface area contributed by atoms with Crippen LogP contribution in [0, 0.1) is 0 Å². The highest BCUT2D eigenvalue weighted by Crippen LogP contribution is 2.20. The molecule has 1 fully saturated rings. The number of furan rings is 1. The second-order valence-corrected chi connectivity index (χ2v) is 7.41. The van der Waals surface area contributed by atoms with Gasteiger partial charge in [-0.1, -0.05) is 18.2 Å². The molecule has 1 saturated heterocycles. The molecule has 156 valence electrons. The van der Waals surface area contributed by atoms with Crippen LogP contribution in [0.1, 0.15) is 29.0 Å². The number of aromatic amines is 1. The Morgan fingerprint density at radius 3 is 2.63 bits per heavy atom. The van der Waals surface area contributed by atoms with Gasteiger partial charge in [-0.15, -0.1) is 0 Å². The van der Waals surface area contributed by atoms with Gasteiger partial charge in [0.25, 0.3) is 0 Å². The molecule has 8 nitrogen and oxygen atoms in total. The number of nitrogens with zero attached hydrogens (tertiary/aromatic N) is 3. The van der Waals surface area contributed by atoms with Crippen molar-refractivity contribution in [2.45, 2.75) is 25.4 Å². The Morgan fingerprint density at radius 1 is 1.10 bits per heavy atom. The third-order valence-corrected chi connectivity index (χ3v) is 5.27. The molecule has 0 spiro atoms. The van der Waals surface area contributed by atoms with Gasteiger partial charge in [-0.25, -0.2) is 4.79 Å². The van der Waals surface area contributed by atoms with Crippen LogP contribution >= 0.6 is 0 Å². The van der Waals surface area contributed by atoms with Crippen molar-refractivity contribution in [3.05, 3.63) is 59.9 Å². The SMILES string of the molecule is O=C(O)c1ccc2n[nH]nc2c1.OC1CCN(CCc2cc3ccccc3o2)CC1. The number of aromatic nitrogens is 3. The molecule has 0 saturated carbocycles. The predicted molar refractivity (Wildman–Crippen MR) is 112 cm³/mol. The van der Waals surface area contributed by atoms with Crippen molar-refractivity contribution in [2.24, 2.45) is 0 Å². The number of nitrogens with one attached hydrogen (secondary N) is 1. The Bertz CT molecular complexity index is 1100. The molecule has 5 rings (SSSR count). The van der Waals surface area contributed by atoms with E-state index in [9.17, 15) is 9.90 Å². The molecule has 3 N–H and O–H groups in total. The molecule has 4 aromatic rings. The molecule has 0 atom stereocenters. The van der Waals surface area contributed by atoms with E-state index >= 15 is 0 Å².